The molecule has 7 nitrogen and oxygen atoms in total. The molecule has 0 radical (unpaired) electrons. The Morgan fingerprint density at radius 2 is 1.82 bits per heavy atom. The average Bonchev–Trinajstić information content (AvgIpc) is 3.34. The number of carbonyl (C=O) groups excluding carboxylic acids is 3. The number of furan rings is 1. The molecule has 3 aromatic rings. The Hall–Kier alpha value is -3.72. The quantitative estimate of drug-likeness (QED) is 0.525. The van der Waals surface area contributed by atoms with E-state index in [-0.39, 0.29) is 12.1 Å². The van der Waals surface area contributed by atoms with Crippen LogP contribution in [-0.4, -0.2) is 41.2 Å². The molecule has 1 unspecified atom stereocenters. The van der Waals surface area contributed by atoms with Crippen LogP contribution in [0.5, 0.6) is 0 Å². The maximum atomic E-state index is 14.3. The number of carbonyl (C=O) groups is 3. The van der Waals surface area contributed by atoms with E-state index in [0.29, 0.717) is 21.4 Å². The summed E-state index contributed by atoms with van der Waals surface area (Å²) in [6.45, 7) is 0.782. The number of rotatable bonds is 6. The zero-order chi connectivity index (χ0) is 24.6. The van der Waals surface area contributed by atoms with Gasteiger partial charge in [-0.1, -0.05) is 11.6 Å². The maximum absolute atomic E-state index is 14.3. The first-order chi connectivity index (χ1) is 16.1. The van der Waals surface area contributed by atoms with Crippen molar-refractivity contribution in [2.45, 2.75) is 19.0 Å². The summed E-state index contributed by atoms with van der Waals surface area (Å²) in [7, 11) is 1.50. The number of hydrogen-bond donors (Lipinski definition) is 1. The van der Waals surface area contributed by atoms with Gasteiger partial charge in [0.15, 0.2) is 0 Å². The van der Waals surface area contributed by atoms with Crippen molar-refractivity contribution < 1.29 is 27.6 Å². The minimum absolute atomic E-state index is 0.0892. The second-order valence-electron chi connectivity index (χ2n) is 8.09. The van der Waals surface area contributed by atoms with Crippen LogP contribution in [0, 0.1) is 11.6 Å². The molecule has 176 valence electrons. The first-order valence-corrected chi connectivity index (χ1v) is 10.6. The number of halogens is 3. The molecule has 1 aliphatic rings. The molecule has 1 aromatic heterocycles. The third kappa shape index (κ3) is 4.38. The minimum atomic E-state index is -1.84. The Bertz CT molecular complexity index is 1280. The summed E-state index contributed by atoms with van der Waals surface area (Å²) in [6.07, 6.45) is 0. The third-order valence-corrected chi connectivity index (χ3v) is 5.90. The van der Waals surface area contributed by atoms with Gasteiger partial charge in [0.1, 0.15) is 35.2 Å². The highest BCUT2D eigenvalue weighted by molar-refractivity contribution is 6.30. The molecule has 0 bridgehead atoms. The van der Waals surface area contributed by atoms with E-state index in [1.807, 2.05) is 0 Å². The topological polar surface area (TPSA) is 82.9 Å². The van der Waals surface area contributed by atoms with Gasteiger partial charge in [0.05, 0.1) is 6.54 Å². The molecule has 2 aromatic carbocycles. The van der Waals surface area contributed by atoms with E-state index >= 15 is 0 Å². The molecule has 1 atom stereocenters. The lowest BCUT2D eigenvalue weighted by Crippen LogP contribution is -2.44. The van der Waals surface area contributed by atoms with E-state index < -0.39 is 41.6 Å². The Labute approximate surface area is 198 Å². The van der Waals surface area contributed by atoms with Crippen LogP contribution in [-0.2, 0) is 21.7 Å². The summed E-state index contributed by atoms with van der Waals surface area (Å²) in [6, 6.07) is 12.3. The van der Waals surface area contributed by atoms with Gasteiger partial charge < -0.3 is 14.6 Å². The molecule has 10 heteroatoms. The molecule has 0 saturated carbocycles. The first-order valence-electron chi connectivity index (χ1n) is 10.3. The van der Waals surface area contributed by atoms with E-state index in [1.54, 1.807) is 36.4 Å². The van der Waals surface area contributed by atoms with Crippen LogP contribution in [0.25, 0.3) is 11.3 Å². The number of nitrogens with zero attached hydrogens (tertiary/aromatic N) is 2. The number of amides is 4. The zero-order valence-corrected chi connectivity index (χ0v) is 19.0. The molecule has 1 saturated heterocycles. The standard InChI is InChI=1S/C24H20ClF2N3O4/c1-24(18-11-16(26)7-9-19(18)27)22(32)30(23(33)28-24)13-21(31)29(2)12-17-8-10-20(34-17)14-3-5-15(25)6-4-14/h3-11H,12-13H2,1-2H3,(H,28,33). The average molecular weight is 488 g/mol. The molecule has 1 fully saturated rings. The van der Waals surface area contributed by atoms with Gasteiger partial charge in [0, 0.05) is 23.2 Å². The van der Waals surface area contributed by atoms with Crippen LogP contribution in [0.1, 0.15) is 18.2 Å². The predicted molar refractivity (Wildman–Crippen MR) is 120 cm³/mol. The summed E-state index contributed by atoms with van der Waals surface area (Å²) >= 11 is 5.90. The van der Waals surface area contributed by atoms with Crippen molar-refractivity contribution in [3.8, 4) is 11.3 Å². The van der Waals surface area contributed by atoms with Crippen LogP contribution in [0.4, 0.5) is 13.6 Å². The number of likely N-dealkylation sites (N-methyl/N-ethyl adjacent to an activating group) is 1. The van der Waals surface area contributed by atoms with Gasteiger partial charge in [-0.05, 0) is 61.5 Å². The zero-order valence-electron chi connectivity index (χ0n) is 18.3. The summed E-state index contributed by atoms with van der Waals surface area (Å²) in [5, 5.41) is 2.96. The molecule has 0 spiro atoms. The van der Waals surface area contributed by atoms with Crippen molar-refractivity contribution in [2.24, 2.45) is 0 Å². The van der Waals surface area contributed by atoms with E-state index in [0.717, 1.165) is 23.8 Å². The van der Waals surface area contributed by atoms with Crippen LogP contribution in [0.3, 0.4) is 0 Å². The molecular formula is C24H20ClF2N3O4. The van der Waals surface area contributed by atoms with Crippen LogP contribution < -0.4 is 5.32 Å². The van der Waals surface area contributed by atoms with E-state index in [9.17, 15) is 23.2 Å². The van der Waals surface area contributed by atoms with Gasteiger partial charge >= 0.3 is 6.03 Å². The molecule has 1 aliphatic heterocycles. The van der Waals surface area contributed by atoms with E-state index in [4.69, 9.17) is 16.0 Å². The lowest BCUT2D eigenvalue weighted by molar-refractivity contribution is -0.138. The van der Waals surface area contributed by atoms with Crippen molar-refractivity contribution in [1.82, 2.24) is 15.1 Å². The number of nitrogens with one attached hydrogen (secondary N) is 1. The van der Waals surface area contributed by atoms with Gasteiger partial charge in [-0.3, -0.25) is 14.5 Å². The fraction of sp³-hybridized carbons (Fsp3) is 0.208. The number of urea groups is 1. The Morgan fingerprint density at radius 1 is 1.12 bits per heavy atom. The van der Waals surface area contributed by atoms with Crippen molar-refractivity contribution in [1.29, 1.82) is 0 Å². The number of hydrogen-bond acceptors (Lipinski definition) is 4. The van der Waals surface area contributed by atoms with Crippen LogP contribution >= 0.6 is 11.6 Å². The van der Waals surface area contributed by atoms with E-state index in [1.165, 1.54) is 18.9 Å². The van der Waals surface area contributed by atoms with Crippen molar-refractivity contribution in [2.75, 3.05) is 13.6 Å². The first kappa shape index (κ1) is 23.4. The maximum Gasteiger partial charge on any atom is 0.325 e. The third-order valence-electron chi connectivity index (χ3n) is 5.64. The second kappa shape index (κ2) is 8.90. The van der Waals surface area contributed by atoms with Crippen molar-refractivity contribution >= 4 is 29.4 Å². The lowest BCUT2D eigenvalue weighted by Gasteiger charge is -2.23. The highest BCUT2D eigenvalue weighted by Gasteiger charge is 2.51. The van der Waals surface area contributed by atoms with E-state index in [2.05, 4.69) is 5.32 Å². The molecule has 4 rings (SSSR count). The number of benzene rings is 2. The minimum Gasteiger partial charge on any atom is -0.459 e. The summed E-state index contributed by atoms with van der Waals surface area (Å²) < 4.78 is 33.7. The monoisotopic (exact) mass is 487 g/mol. The molecule has 1 N–H and O–H groups in total. The van der Waals surface area contributed by atoms with Gasteiger partial charge in [0.2, 0.25) is 5.91 Å². The van der Waals surface area contributed by atoms with Gasteiger partial charge in [0.25, 0.3) is 5.91 Å². The predicted octanol–water partition coefficient (Wildman–Crippen LogP) is 4.30. The van der Waals surface area contributed by atoms with Crippen LogP contribution in [0.15, 0.2) is 59.0 Å². The summed E-state index contributed by atoms with van der Waals surface area (Å²) in [4.78, 5) is 40.1. The van der Waals surface area contributed by atoms with Crippen LogP contribution in [0.2, 0.25) is 5.02 Å². The lowest BCUT2D eigenvalue weighted by atomic mass is 9.91. The van der Waals surface area contributed by atoms with Crippen molar-refractivity contribution in [3.05, 3.63) is 82.6 Å². The largest absolute Gasteiger partial charge is 0.459 e. The normalized spacial score (nSPS) is 17.7. The van der Waals surface area contributed by atoms with Gasteiger partial charge in [-0.15, -0.1) is 0 Å². The molecule has 34 heavy (non-hydrogen) atoms. The van der Waals surface area contributed by atoms with Crippen molar-refractivity contribution in [3.63, 3.8) is 0 Å². The fourth-order valence-electron chi connectivity index (χ4n) is 3.71. The Balaban J connectivity index is 1.44. The number of imide groups is 1. The molecular weight excluding hydrogens is 468 g/mol. The molecule has 4 amide bonds. The van der Waals surface area contributed by atoms with Gasteiger partial charge in [-0.2, -0.15) is 0 Å². The second-order valence-corrected chi connectivity index (χ2v) is 8.53. The molecule has 0 aliphatic carbocycles. The SMILES string of the molecule is CN(Cc1ccc(-c2ccc(Cl)cc2)o1)C(=O)CN1C(=O)NC(C)(c2cc(F)ccc2F)C1=O. The highest BCUT2D eigenvalue weighted by atomic mass is 35.5. The molecule has 2 heterocycles. The van der Waals surface area contributed by atoms with Gasteiger partial charge in [-0.25, -0.2) is 13.6 Å². The summed E-state index contributed by atoms with van der Waals surface area (Å²) in [5.74, 6) is -1.93. The smallest absolute Gasteiger partial charge is 0.325 e. The fourth-order valence-corrected chi connectivity index (χ4v) is 3.84. The highest BCUT2D eigenvalue weighted by Crippen LogP contribution is 2.31. The Morgan fingerprint density at radius 3 is 2.53 bits per heavy atom. The summed E-state index contributed by atoms with van der Waals surface area (Å²) in [5.41, 5.74) is -1.34. The Kier molecular flexibility index (Phi) is 6.14.